The van der Waals surface area contributed by atoms with E-state index in [0.29, 0.717) is 38.5 Å². The summed E-state index contributed by atoms with van der Waals surface area (Å²) in [7, 11) is 0. The second-order valence-corrected chi connectivity index (χ2v) is 5.72. The van der Waals surface area contributed by atoms with Crippen molar-refractivity contribution in [3.8, 4) is 0 Å². The molecule has 1 amide bonds. The molecule has 2 aromatic rings. The molecule has 0 spiro atoms. The van der Waals surface area contributed by atoms with Crippen LogP contribution < -0.4 is 10.2 Å². The lowest BCUT2D eigenvalue weighted by Gasteiger charge is -2.29. The first-order valence-electron chi connectivity index (χ1n) is 8.50. The number of anilines is 1. The molecule has 1 N–H and O–H groups in total. The second kappa shape index (κ2) is 9.19. The van der Waals surface area contributed by atoms with Gasteiger partial charge in [-0.3, -0.25) is 4.79 Å². The minimum atomic E-state index is -0.111. The molecule has 0 saturated carbocycles. The zero-order valence-electron chi connectivity index (χ0n) is 14.1. The molecule has 0 radical (unpaired) electrons. The van der Waals surface area contributed by atoms with Crippen molar-refractivity contribution < 1.29 is 18.7 Å². The first kappa shape index (κ1) is 17.4. The number of hydrogen-bond acceptors (Lipinski definition) is 6. The van der Waals surface area contributed by atoms with E-state index >= 15 is 0 Å². The quantitative estimate of drug-likeness (QED) is 0.736. The molecule has 25 heavy (non-hydrogen) atoms. The number of ether oxygens (including phenoxy) is 2. The number of nitrogens with zero attached hydrogens (tertiary/aromatic N) is 2. The SMILES string of the molecule is O=C(NCCCOCc1ccco1)c1cccnc1N1CCOCC1. The lowest BCUT2D eigenvalue weighted by molar-refractivity contribution is 0.0915. The monoisotopic (exact) mass is 345 g/mol. The number of amides is 1. The molecule has 2 aromatic heterocycles. The molecule has 134 valence electrons. The van der Waals surface area contributed by atoms with Crippen LogP contribution in [0.25, 0.3) is 0 Å². The number of nitrogens with one attached hydrogen (secondary N) is 1. The summed E-state index contributed by atoms with van der Waals surface area (Å²) in [6.07, 6.45) is 4.07. The molecule has 0 aromatic carbocycles. The Hall–Kier alpha value is -2.38. The van der Waals surface area contributed by atoms with Crippen molar-refractivity contribution in [2.45, 2.75) is 13.0 Å². The van der Waals surface area contributed by atoms with E-state index in [1.165, 1.54) is 0 Å². The van der Waals surface area contributed by atoms with E-state index in [0.717, 1.165) is 31.1 Å². The Morgan fingerprint density at radius 2 is 2.16 bits per heavy atom. The molecule has 3 heterocycles. The smallest absolute Gasteiger partial charge is 0.255 e. The van der Waals surface area contributed by atoms with Crippen molar-refractivity contribution in [3.05, 3.63) is 48.0 Å². The van der Waals surface area contributed by atoms with Crippen molar-refractivity contribution in [2.75, 3.05) is 44.4 Å². The van der Waals surface area contributed by atoms with Crippen LogP contribution in [0.1, 0.15) is 22.5 Å². The number of hydrogen-bond donors (Lipinski definition) is 1. The van der Waals surface area contributed by atoms with Gasteiger partial charge < -0.3 is 24.1 Å². The predicted octanol–water partition coefficient (Wildman–Crippen LogP) is 1.85. The molecule has 1 aliphatic rings. The third-order valence-corrected chi connectivity index (χ3v) is 3.92. The molecule has 1 aliphatic heterocycles. The Morgan fingerprint density at radius 1 is 1.28 bits per heavy atom. The summed E-state index contributed by atoms with van der Waals surface area (Å²) in [4.78, 5) is 18.9. The molecule has 0 bridgehead atoms. The summed E-state index contributed by atoms with van der Waals surface area (Å²) in [6.45, 7) is 4.37. The standard InChI is InChI=1S/C18H23N3O4/c22-18(20-7-3-10-24-14-15-4-2-11-25-15)16-5-1-6-19-17(16)21-8-12-23-13-9-21/h1-2,4-6,11H,3,7-10,12-14H2,(H,20,22). The number of furan rings is 1. The molecule has 1 saturated heterocycles. The van der Waals surface area contributed by atoms with Crippen molar-refractivity contribution in [1.82, 2.24) is 10.3 Å². The summed E-state index contributed by atoms with van der Waals surface area (Å²) < 4.78 is 16.1. The minimum absolute atomic E-state index is 0.111. The van der Waals surface area contributed by atoms with Crippen molar-refractivity contribution in [2.24, 2.45) is 0 Å². The van der Waals surface area contributed by atoms with Gasteiger partial charge in [-0.15, -0.1) is 0 Å². The third kappa shape index (κ3) is 5.04. The number of aromatic nitrogens is 1. The molecule has 3 rings (SSSR count). The van der Waals surface area contributed by atoms with Gasteiger partial charge in [0.15, 0.2) is 0 Å². The maximum atomic E-state index is 12.5. The summed E-state index contributed by atoms with van der Waals surface area (Å²) in [5.41, 5.74) is 0.598. The molecule has 7 heteroatoms. The van der Waals surface area contributed by atoms with Gasteiger partial charge in [-0.05, 0) is 30.7 Å². The van der Waals surface area contributed by atoms with Gasteiger partial charge in [0.2, 0.25) is 0 Å². The first-order valence-corrected chi connectivity index (χ1v) is 8.50. The summed E-state index contributed by atoms with van der Waals surface area (Å²) in [5, 5.41) is 2.93. The van der Waals surface area contributed by atoms with E-state index in [-0.39, 0.29) is 5.91 Å². The summed E-state index contributed by atoms with van der Waals surface area (Å²) in [5.74, 6) is 1.41. The highest BCUT2D eigenvalue weighted by Gasteiger charge is 2.19. The lowest BCUT2D eigenvalue weighted by atomic mass is 10.2. The fourth-order valence-electron chi connectivity index (χ4n) is 2.64. The van der Waals surface area contributed by atoms with Crippen LogP contribution in [0.2, 0.25) is 0 Å². The van der Waals surface area contributed by atoms with Crippen molar-refractivity contribution >= 4 is 11.7 Å². The van der Waals surface area contributed by atoms with Gasteiger partial charge in [-0.25, -0.2) is 4.98 Å². The highest BCUT2D eigenvalue weighted by molar-refractivity contribution is 5.98. The fraction of sp³-hybridized carbons (Fsp3) is 0.444. The van der Waals surface area contributed by atoms with Crippen LogP contribution in [0.4, 0.5) is 5.82 Å². The largest absolute Gasteiger partial charge is 0.467 e. The second-order valence-electron chi connectivity index (χ2n) is 5.72. The van der Waals surface area contributed by atoms with E-state index in [4.69, 9.17) is 13.9 Å². The van der Waals surface area contributed by atoms with Gasteiger partial charge in [-0.1, -0.05) is 0 Å². The highest BCUT2D eigenvalue weighted by Crippen LogP contribution is 2.18. The highest BCUT2D eigenvalue weighted by atomic mass is 16.5. The Morgan fingerprint density at radius 3 is 2.96 bits per heavy atom. The Bertz CT molecular complexity index is 654. The third-order valence-electron chi connectivity index (χ3n) is 3.92. The molecule has 0 atom stereocenters. The van der Waals surface area contributed by atoms with Crippen LogP contribution in [-0.4, -0.2) is 50.3 Å². The lowest BCUT2D eigenvalue weighted by Crippen LogP contribution is -2.38. The van der Waals surface area contributed by atoms with Crippen molar-refractivity contribution in [1.29, 1.82) is 0 Å². The Balaban J connectivity index is 1.43. The topological polar surface area (TPSA) is 76.8 Å². The van der Waals surface area contributed by atoms with Crippen LogP contribution in [0.15, 0.2) is 41.1 Å². The maximum Gasteiger partial charge on any atom is 0.255 e. The molecule has 7 nitrogen and oxygen atoms in total. The number of pyridine rings is 1. The molecular weight excluding hydrogens is 322 g/mol. The van der Waals surface area contributed by atoms with Gasteiger partial charge >= 0.3 is 0 Å². The van der Waals surface area contributed by atoms with E-state index in [2.05, 4.69) is 15.2 Å². The summed E-state index contributed by atoms with van der Waals surface area (Å²) >= 11 is 0. The Kier molecular flexibility index (Phi) is 6.42. The van der Waals surface area contributed by atoms with Crippen LogP contribution in [0.3, 0.4) is 0 Å². The molecule has 1 fully saturated rings. The minimum Gasteiger partial charge on any atom is -0.467 e. The van der Waals surface area contributed by atoms with Crippen LogP contribution in [-0.2, 0) is 16.1 Å². The van der Waals surface area contributed by atoms with Crippen molar-refractivity contribution in [3.63, 3.8) is 0 Å². The van der Waals surface area contributed by atoms with E-state index < -0.39 is 0 Å². The predicted molar refractivity (Wildman–Crippen MR) is 92.6 cm³/mol. The van der Waals surface area contributed by atoms with Gasteiger partial charge in [0, 0.05) is 32.4 Å². The van der Waals surface area contributed by atoms with Gasteiger partial charge in [0.05, 0.1) is 25.0 Å². The molecule has 0 unspecified atom stereocenters. The number of rotatable bonds is 8. The zero-order chi connectivity index (χ0) is 17.3. The van der Waals surface area contributed by atoms with E-state index in [1.54, 1.807) is 24.6 Å². The first-order chi connectivity index (χ1) is 12.3. The maximum absolute atomic E-state index is 12.5. The molecular formula is C18H23N3O4. The van der Waals surface area contributed by atoms with E-state index in [9.17, 15) is 4.79 Å². The normalized spacial score (nSPS) is 14.5. The Labute approximate surface area is 146 Å². The van der Waals surface area contributed by atoms with Gasteiger partial charge in [0.25, 0.3) is 5.91 Å². The van der Waals surface area contributed by atoms with Crippen LogP contribution in [0.5, 0.6) is 0 Å². The number of carbonyl (C=O) groups excluding carboxylic acids is 1. The molecule has 0 aliphatic carbocycles. The zero-order valence-corrected chi connectivity index (χ0v) is 14.1. The van der Waals surface area contributed by atoms with Gasteiger partial charge in [-0.2, -0.15) is 0 Å². The van der Waals surface area contributed by atoms with Crippen LogP contribution in [0, 0.1) is 0 Å². The average molecular weight is 345 g/mol. The van der Waals surface area contributed by atoms with Crippen LogP contribution >= 0.6 is 0 Å². The van der Waals surface area contributed by atoms with Gasteiger partial charge in [0.1, 0.15) is 18.2 Å². The number of morpholine rings is 1. The summed E-state index contributed by atoms with van der Waals surface area (Å²) in [6, 6.07) is 7.29. The fourth-order valence-corrected chi connectivity index (χ4v) is 2.64. The average Bonchev–Trinajstić information content (AvgIpc) is 3.18. The number of carbonyl (C=O) groups is 1. The van der Waals surface area contributed by atoms with E-state index in [1.807, 2.05) is 12.1 Å².